The molecule has 1 aliphatic rings. The molecule has 1 heterocycles. The minimum atomic E-state index is -2.24. The summed E-state index contributed by atoms with van der Waals surface area (Å²) in [6.07, 6.45) is 0. The molecular formula is C13H12FNO4. The van der Waals surface area contributed by atoms with Crippen molar-refractivity contribution >= 4 is 17.8 Å². The molecule has 1 aliphatic heterocycles. The average molecular weight is 265 g/mol. The number of imide groups is 1. The molecule has 1 atom stereocenters. The van der Waals surface area contributed by atoms with Gasteiger partial charge < -0.3 is 5.11 Å². The first-order valence-corrected chi connectivity index (χ1v) is 5.64. The number of carbonyl (C=O) groups is 3. The van der Waals surface area contributed by atoms with E-state index in [1.807, 2.05) is 0 Å². The molecule has 0 spiro atoms. The number of halogens is 1. The summed E-state index contributed by atoms with van der Waals surface area (Å²) < 4.78 is 14.0. The van der Waals surface area contributed by atoms with Crippen molar-refractivity contribution in [2.24, 2.45) is 0 Å². The van der Waals surface area contributed by atoms with Gasteiger partial charge in [0, 0.05) is 0 Å². The van der Waals surface area contributed by atoms with E-state index in [-0.39, 0.29) is 11.1 Å². The van der Waals surface area contributed by atoms with Crippen molar-refractivity contribution in [2.45, 2.75) is 25.6 Å². The number of aliphatic carboxylic acids is 1. The fourth-order valence-electron chi connectivity index (χ4n) is 2.15. The van der Waals surface area contributed by atoms with E-state index in [1.165, 1.54) is 12.1 Å². The molecule has 6 heteroatoms. The van der Waals surface area contributed by atoms with Crippen molar-refractivity contribution in [2.75, 3.05) is 0 Å². The van der Waals surface area contributed by atoms with Crippen LogP contribution in [0.5, 0.6) is 0 Å². The number of fused-ring (bicyclic) bond motifs is 1. The van der Waals surface area contributed by atoms with Crippen LogP contribution in [0.2, 0.25) is 0 Å². The summed E-state index contributed by atoms with van der Waals surface area (Å²) >= 11 is 0. The molecule has 19 heavy (non-hydrogen) atoms. The number of rotatable bonds is 3. The van der Waals surface area contributed by atoms with Gasteiger partial charge in [-0.2, -0.15) is 0 Å². The van der Waals surface area contributed by atoms with Crippen LogP contribution in [-0.2, 0) is 4.79 Å². The van der Waals surface area contributed by atoms with Gasteiger partial charge in [0.15, 0.2) is 6.04 Å². The maximum absolute atomic E-state index is 14.0. The lowest BCUT2D eigenvalue weighted by atomic mass is 9.99. The van der Waals surface area contributed by atoms with E-state index < -0.39 is 29.5 Å². The van der Waals surface area contributed by atoms with Crippen LogP contribution in [0.15, 0.2) is 24.3 Å². The quantitative estimate of drug-likeness (QED) is 0.840. The third kappa shape index (κ3) is 1.99. The van der Waals surface area contributed by atoms with Crippen LogP contribution in [0, 0.1) is 0 Å². The Hall–Kier alpha value is -2.24. The number of hydrogen-bond donors (Lipinski definition) is 1. The van der Waals surface area contributed by atoms with E-state index in [2.05, 4.69) is 0 Å². The third-order valence-electron chi connectivity index (χ3n) is 2.97. The van der Waals surface area contributed by atoms with Gasteiger partial charge in [-0.1, -0.05) is 12.1 Å². The van der Waals surface area contributed by atoms with Crippen molar-refractivity contribution in [1.82, 2.24) is 4.90 Å². The molecule has 0 radical (unpaired) electrons. The summed E-state index contributed by atoms with van der Waals surface area (Å²) in [5.41, 5.74) is -2.04. The summed E-state index contributed by atoms with van der Waals surface area (Å²) in [5.74, 6) is -3.11. The molecule has 0 unspecified atom stereocenters. The maximum atomic E-state index is 14.0. The van der Waals surface area contributed by atoms with Crippen molar-refractivity contribution in [3.8, 4) is 0 Å². The zero-order valence-corrected chi connectivity index (χ0v) is 10.4. The van der Waals surface area contributed by atoms with Crippen LogP contribution in [0.4, 0.5) is 4.39 Å². The van der Waals surface area contributed by atoms with Gasteiger partial charge in [0.2, 0.25) is 0 Å². The number of nitrogens with zero attached hydrogens (tertiary/aromatic N) is 1. The second-order valence-electron chi connectivity index (χ2n) is 4.83. The predicted octanol–water partition coefficient (Wildman–Crippen LogP) is 1.48. The Balaban J connectivity index is 2.52. The van der Waals surface area contributed by atoms with Gasteiger partial charge in [-0.25, -0.2) is 9.18 Å². The zero-order valence-electron chi connectivity index (χ0n) is 10.4. The minimum absolute atomic E-state index is 0.100. The topological polar surface area (TPSA) is 74.7 Å². The van der Waals surface area contributed by atoms with E-state index >= 15 is 0 Å². The van der Waals surface area contributed by atoms with Gasteiger partial charge in [-0.3, -0.25) is 14.5 Å². The van der Waals surface area contributed by atoms with Crippen molar-refractivity contribution < 1.29 is 23.9 Å². The summed E-state index contributed by atoms with van der Waals surface area (Å²) in [6.45, 7) is 2.05. The third-order valence-corrected chi connectivity index (χ3v) is 2.97. The monoisotopic (exact) mass is 265 g/mol. The highest BCUT2D eigenvalue weighted by atomic mass is 19.1. The maximum Gasteiger partial charge on any atom is 0.330 e. The second kappa shape index (κ2) is 4.15. The number of carbonyl (C=O) groups excluding carboxylic acids is 2. The number of hydrogen-bond acceptors (Lipinski definition) is 3. The van der Waals surface area contributed by atoms with E-state index in [4.69, 9.17) is 5.11 Å². The van der Waals surface area contributed by atoms with Crippen molar-refractivity contribution in [1.29, 1.82) is 0 Å². The molecule has 1 N–H and O–H groups in total. The molecule has 100 valence electrons. The molecule has 5 nitrogen and oxygen atoms in total. The van der Waals surface area contributed by atoms with Crippen molar-refractivity contribution in [3.63, 3.8) is 0 Å². The van der Waals surface area contributed by atoms with E-state index in [9.17, 15) is 18.8 Å². The molecule has 1 aromatic carbocycles. The van der Waals surface area contributed by atoms with Crippen LogP contribution >= 0.6 is 0 Å². The van der Waals surface area contributed by atoms with Gasteiger partial charge in [0.25, 0.3) is 11.8 Å². The van der Waals surface area contributed by atoms with Crippen LogP contribution in [0.25, 0.3) is 0 Å². The number of amides is 2. The van der Waals surface area contributed by atoms with Crippen LogP contribution < -0.4 is 0 Å². The lowest BCUT2D eigenvalue weighted by Gasteiger charge is -2.29. The highest BCUT2D eigenvalue weighted by Gasteiger charge is 2.49. The van der Waals surface area contributed by atoms with Gasteiger partial charge >= 0.3 is 5.97 Å². The van der Waals surface area contributed by atoms with Crippen LogP contribution in [0.1, 0.15) is 34.6 Å². The molecule has 0 aliphatic carbocycles. The Kier molecular flexibility index (Phi) is 2.88. The van der Waals surface area contributed by atoms with E-state index in [0.717, 1.165) is 13.8 Å². The molecule has 0 aromatic heterocycles. The van der Waals surface area contributed by atoms with E-state index in [1.54, 1.807) is 12.1 Å². The first-order chi connectivity index (χ1) is 8.75. The molecular weight excluding hydrogens is 253 g/mol. The first-order valence-electron chi connectivity index (χ1n) is 5.64. The molecule has 1 aromatic rings. The minimum Gasteiger partial charge on any atom is -0.480 e. The molecule has 0 bridgehead atoms. The van der Waals surface area contributed by atoms with Gasteiger partial charge in [-0.05, 0) is 26.0 Å². The normalized spacial score (nSPS) is 16.5. The first kappa shape index (κ1) is 13.2. The number of alkyl halides is 1. The summed E-state index contributed by atoms with van der Waals surface area (Å²) in [6, 6.07) is 4.10. The zero-order chi connectivity index (χ0) is 14.4. The number of carboxylic acid groups (broad SMARTS) is 1. The summed E-state index contributed by atoms with van der Waals surface area (Å²) in [7, 11) is 0. The van der Waals surface area contributed by atoms with Crippen LogP contribution in [0.3, 0.4) is 0 Å². The highest BCUT2D eigenvalue weighted by molar-refractivity contribution is 6.22. The van der Waals surface area contributed by atoms with Crippen molar-refractivity contribution in [3.05, 3.63) is 35.4 Å². The fraction of sp³-hybridized carbons (Fsp3) is 0.308. The SMILES string of the molecule is CC(C)(F)[C@@H](C(=O)O)N1C(=O)c2ccccc2C1=O. The highest BCUT2D eigenvalue weighted by Crippen LogP contribution is 2.30. The van der Waals surface area contributed by atoms with Gasteiger partial charge in [-0.15, -0.1) is 0 Å². The Morgan fingerprint density at radius 2 is 1.63 bits per heavy atom. The molecule has 0 saturated carbocycles. The predicted molar refractivity (Wildman–Crippen MR) is 63.6 cm³/mol. The molecule has 2 amide bonds. The summed E-state index contributed by atoms with van der Waals surface area (Å²) in [4.78, 5) is 35.8. The molecule has 0 fully saturated rings. The largest absolute Gasteiger partial charge is 0.480 e. The van der Waals surface area contributed by atoms with Gasteiger partial charge in [0.05, 0.1) is 11.1 Å². The summed E-state index contributed by atoms with van der Waals surface area (Å²) in [5, 5.41) is 9.10. The standard InChI is InChI=1S/C13H12FNO4/c1-13(2,14)9(12(18)19)15-10(16)7-5-3-4-6-8(7)11(15)17/h3-6,9H,1-2H3,(H,18,19)/t9-/m1/s1. The average Bonchev–Trinajstić information content (AvgIpc) is 2.53. The Morgan fingerprint density at radius 3 is 1.95 bits per heavy atom. The van der Waals surface area contributed by atoms with Gasteiger partial charge in [0.1, 0.15) is 5.67 Å². The molecule has 0 saturated heterocycles. The van der Waals surface area contributed by atoms with E-state index in [0.29, 0.717) is 4.90 Å². The fourth-order valence-corrected chi connectivity index (χ4v) is 2.15. The Labute approximate surface area is 108 Å². The van der Waals surface area contributed by atoms with Crippen LogP contribution in [-0.4, -0.2) is 39.5 Å². The lowest BCUT2D eigenvalue weighted by molar-refractivity contribution is -0.146. The molecule has 2 rings (SSSR count). The number of carboxylic acids is 1. The Morgan fingerprint density at radius 1 is 1.21 bits per heavy atom. The second-order valence-corrected chi connectivity index (χ2v) is 4.83. The smallest absolute Gasteiger partial charge is 0.330 e. The Bertz CT molecular complexity index is 541. The lowest BCUT2D eigenvalue weighted by Crippen LogP contribution is -2.54. The number of benzene rings is 1.